The second-order valence-electron chi connectivity index (χ2n) is 7.98. The fourth-order valence-electron chi connectivity index (χ4n) is 4.41. The Morgan fingerprint density at radius 1 is 1.26 bits per heavy atom. The van der Waals surface area contributed by atoms with Crippen LogP contribution in [0.1, 0.15) is 45.4 Å². The minimum absolute atomic E-state index is 0. The zero-order valence-electron chi connectivity index (χ0n) is 16.7. The highest BCUT2D eigenvalue weighted by Crippen LogP contribution is 2.42. The van der Waals surface area contributed by atoms with Crippen molar-refractivity contribution in [2.24, 2.45) is 10.9 Å². The number of thioether (sulfide) groups is 1. The Hall–Kier alpha value is 0.260. The number of sulfonamides is 1. The predicted molar refractivity (Wildman–Crippen MR) is 126 cm³/mol. The average Bonchev–Trinajstić information content (AvgIpc) is 3.09. The Morgan fingerprint density at radius 3 is 2.63 bits per heavy atom. The van der Waals surface area contributed by atoms with Gasteiger partial charge >= 0.3 is 0 Å². The summed E-state index contributed by atoms with van der Waals surface area (Å²) in [6, 6.07) is 0. The van der Waals surface area contributed by atoms with Crippen molar-refractivity contribution in [2.45, 2.75) is 50.2 Å². The van der Waals surface area contributed by atoms with Gasteiger partial charge in [0.05, 0.1) is 6.26 Å². The van der Waals surface area contributed by atoms with E-state index in [9.17, 15) is 8.42 Å². The van der Waals surface area contributed by atoms with Crippen LogP contribution in [-0.4, -0.2) is 79.6 Å². The Kier molecular flexibility index (Phi) is 9.01. The van der Waals surface area contributed by atoms with Gasteiger partial charge in [-0.1, -0.05) is 19.3 Å². The third-order valence-electron chi connectivity index (χ3n) is 5.86. The van der Waals surface area contributed by atoms with E-state index in [-0.39, 0.29) is 24.0 Å². The zero-order valence-corrected chi connectivity index (χ0v) is 20.6. The summed E-state index contributed by atoms with van der Waals surface area (Å²) in [5, 5.41) is 3.47. The molecular formula is C18H35IN4O2S2. The van der Waals surface area contributed by atoms with E-state index in [4.69, 9.17) is 4.99 Å². The molecule has 0 radical (unpaired) electrons. The highest BCUT2D eigenvalue weighted by molar-refractivity contribution is 14.0. The smallest absolute Gasteiger partial charge is 0.211 e. The molecule has 2 heterocycles. The molecule has 3 fully saturated rings. The molecule has 0 bridgehead atoms. The van der Waals surface area contributed by atoms with Crippen LogP contribution < -0.4 is 5.32 Å². The number of nitrogens with one attached hydrogen (secondary N) is 1. The summed E-state index contributed by atoms with van der Waals surface area (Å²) in [5.74, 6) is 2.53. The average molecular weight is 531 g/mol. The van der Waals surface area contributed by atoms with Crippen LogP contribution in [0, 0.1) is 5.92 Å². The van der Waals surface area contributed by atoms with Crippen molar-refractivity contribution in [2.75, 3.05) is 51.3 Å². The summed E-state index contributed by atoms with van der Waals surface area (Å²) >= 11 is 2.17. The van der Waals surface area contributed by atoms with Gasteiger partial charge in [-0.3, -0.25) is 4.99 Å². The maximum Gasteiger partial charge on any atom is 0.211 e. The molecule has 3 aliphatic rings. The van der Waals surface area contributed by atoms with Crippen LogP contribution in [0.25, 0.3) is 0 Å². The fourth-order valence-corrected chi connectivity index (χ4v) is 6.90. The molecule has 1 spiro atoms. The molecule has 1 aliphatic carbocycles. The summed E-state index contributed by atoms with van der Waals surface area (Å²) in [5.41, 5.74) is 0. The van der Waals surface area contributed by atoms with Gasteiger partial charge in [-0.25, -0.2) is 12.7 Å². The number of hydrogen-bond acceptors (Lipinski definition) is 4. The molecule has 0 aromatic rings. The molecule has 158 valence electrons. The van der Waals surface area contributed by atoms with Crippen molar-refractivity contribution in [1.29, 1.82) is 0 Å². The van der Waals surface area contributed by atoms with Crippen molar-refractivity contribution in [3.05, 3.63) is 0 Å². The molecule has 0 aromatic heterocycles. The first-order chi connectivity index (χ1) is 12.4. The molecule has 0 aromatic carbocycles. The van der Waals surface area contributed by atoms with Gasteiger partial charge in [-0.2, -0.15) is 11.8 Å². The van der Waals surface area contributed by atoms with E-state index in [1.54, 1.807) is 4.31 Å². The Labute approximate surface area is 186 Å². The SMILES string of the molecule is CCNC(=NCC1CCN(S(C)(=O)=O)C1)N1CCSC2(CCCCC2)C1.I. The van der Waals surface area contributed by atoms with Gasteiger partial charge in [0.1, 0.15) is 0 Å². The summed E-state index contributed by atoms with van der Waals surface area (Å²) in [4.78, 5) is 7.37. The van der Waals surface area contributed by atoms with Crippen LogP contribution in [-0.2, 0) is 10.0 Å². The van der Waals surface area contributed by atoms with Crippen molar-refractivity contribution >= 4 is 51.7 Å². The minimum Gasteiger partial charge on any atom is -0.357 e. The van der Waals surface area contributed by atoms with E-state index in [1.165, 1.54) is 44.1 Å². The molecule has 1 N–H and O–H groups in total. The van der Waals surface area contributed by atoms with Crippen LogP contribution in [0.4, 0.5) is 0 Å². The van der Waals surface area contributed by atoms with E-state index in [0.29, 0.717) is 30.3 Å². The number of rotatable bonds is 4. The van der Waals surface area contributed by atoms with Gasteiger partial charge < -0.3 is 10.2 Å². The molecule has 0 amide bonds. The van der Waals surface area contributed by atoms with Gasteiger partial charge in [0.2, 0.25) is 10.0 Å². The van der Waals surface area contributed by atoms with Crippen LogP contribution in [0.15, 0.2) is 4.99 Å². The molecule has 1 saturated carbocycles. The zero-order chi connectivity index (χ0) is 18.6. The third-order valence-corrected chi connectivity index (χ3v) is 8.67. The number of nitrogens with zero attached hydrogens (tertiary/aromatic N) is 3. The van der Waals surface area contributed by atoms with Crippen molar-refractivity contribution < 1.29 is 8.42 Å². The Bertz CT molecular complexity index is 603. The standard InChI is InChI=1S/C18H34N4O2S2.HI/c1-3-19-17(20-13-16-7-10-22(14-16)26(2,23)24)21-11-12-25-18(15-21)8-5-4-6-9-18;/h16H,3-15H2,1-2H3,(H,19,20);1H. The highest BCUT2D eigenvalue weighted by Gasteiger charge is 2.38. The van der Waals surface area contributed by atoms with Crippen molar-refractivity contribution in [3.8, 4) is 0 Å². The largest absolute Gasteiger partial charge is 0.357 e. The van der Waals surface area contributed by atoms with Gasteiger partial charge in [-0.15, -0.1) is 24.0 Å². The first-order valence-corrected chi connectivity index (χ1v) is 12.9. The fraction of sp³-hybridized carbons (Fsp3) is 0.944. The molecule has 27 heavy (non-hydrogen) atoms. The highest BCUT2D eigenvalue weighted by atomic mass is 127. The van der Waals surface area contributed by atoms with E-state index in [2.05, 4.69) is 28.9 Å². The summed E-state index contributed by atoms with van der Waals surface area (Å²) in [7, 11) is -3.07. The molecule has 1 atom stereocenters. The van der Waals surface area contributed by atoms with Crippen LogP contribution in [0.2, 0.25) is 0 Å². The Balaban J connectivity index is 0.00000261. The first kappa shape index (κ1) is 23.5. The summed E-state index contributed by atoms with van der Waals surface area (Å²) in [6.45, 7) is 7.11. The van der Waals surface area contributed by atoms with Crippen LogP contribution >= 0.6 is 35.7 Å². The molecule has 1 unspecified atom stereocenters. The number of hydrogen-bond donors (Lipinski definition) is 1. The maximum atomic E-state index is 11.7. The number of guanidine groups is 1. The lowest BCUT2D eigenvalue weighted by molar-refractivity contribution is 0.293. The van der Waals surface area contributed by atoms with Gasteiger partial charge in [0, 0.05) is 49.8 Å². The second-order valence-corrected chi connectivity index (χ2v) is 11.5. The van der Waals surface area contributed by atoms with Crippen molar-refractivity contribution in [3.63, 3.8) is 0 Å². The van der Waals surface area contributed by atoms with Gasteiger partial charge in [0.15, 0.2) is 5.96 Å². The summed E-state index contributed by atoms with van der Waals surface area (Å²) in [6.07, 6.45) is 8.98. The first-order valence-electron chi connectivity index (χ1n) is 10.0. The van der Waals surface area contributed by atoms with Gasteiger partial charge in [0.25, 0.3) is 0 Å². The van der Waals surface area contributed by atoms with Gasteiger partial charge in [-0.05, 0) is 32.1 Å². The maximum absolute atomic E-state index is 11.7. The van der Waals surface area contributed by atoms with Crippen LogP contribution in [0.3, 0.4) is 0 Å². The normalized spacial score (nSPS) is 26.8. The quantitative estimate of drug-likeness (QED) is 0.344. The van der Waals surface area contributed by atoms with Crippen LogP contribution in [0.5, 0.6) is 0 Å². The van der Waals surface area contributed by atoms with E-state index < -0.39 is 10.0 Å². The molecule has 3 rings (SSSR count). The minimum atomic E-state index is -3.07. The topological polar surface area (TPSA) is 65.0 Å². The van der Waals surface area contributed by atoms with E-state index in [0.717, 1.165) is 32.0 Å². The molecule has 9 heteroatoms. The lowest BCUT2D eigenvalue weighted by Crippen LogP contribution is -2.53. The molecule has 6 nitrogen and oxygen atoms in total. The molecule has 2 aliphatic heterocycles. The van der Waals surface area contributed by atoms with Crippen molar-refractivity contribution in [1.82, 2.24) is 14.5 Å². The number of halogens is 1. The third kappa shape index (κ3) is 6.37. The monoisotopic (exact) mass is 530 g/mol. The second kappa shape index (κ2) is 10.3. The summed E-state index contributed by atoms with van der Waals surface area (Å²) < 4.78 is 25.4. The van der Waals surface area contributed by atoms with E-state index >= 15 is 0 Å². The van der Waals surface area contributed by atoms with E-state index in [1.807, 2.05) is 0 Å². The molecular weight excluding hydrogens is 495 g/mol. The molecule has 2 saturated heterocycles. The number of aliphatic imine (C=N–C) groups is 1. The lowest BCUT2D eigenvalue weighted by Gasteiger charge is -2.45. The predicted octanol–water partition coefficient (Wildman–Crippen LogP) is 2.60. The lowest BCUT2D eigenvalue weighted by atomic mass is 9.87. The Morgan fingerprint density at radius 2 is 2.00 bits per heavy atom.